The van der Waals surface area contributed by atoms with Gasteiger partial charge in [0.1, 0.15) is 5.60 Å². The summed E-state index contributed by atoms with van der Waals surface area (Å²) >= 11 is 0. The molecule has 114 valence electrons. The van der Waals surface area contributed by atoms with Gasteiger partial charge in [-0.15, -0.1) is 0 Å². The Balaban J connectivity index is 2.14. The highest BCUT2D eigenvalue weighted by Gasteiger charge is 2.18. The van der Waals surface area contributed by atoms with Crippen LogP contribution in [0.1, 0.15) is 42.4 Å². The van der Waals surface area contributed by atoms with E-state index in [0.29, 0.717) is 16.8 Å². The molecule has 0 aliphatic rings. The molecule has 0 aliphatic carbocycles. The molecule has 0 radical (unpaired) electrons. The number of carbonyl (C=O) groups is 2. The Morgan fingerprint density at radius 1 is 1.14 bits per heavy atom. The second-order valence-electron chi connectivity index (χ2n) is 5.87. The number of carbonyl (C=O) groups excluding carboxylic acids is 2. The summed E-state index contributed by atoms with van der Waals surface area (Å²) in [6, 6.07) is 6.63. The van der Waals surface area contributed by atoms with Gasteiger partial charge in [0.15, 0.2) is 5.78 Å². The van der Waals surface area contributed by atoms with Crippen LogP contribution in [-0.2, 0) is 16.0 Å². The maximum Gasteiger partial charge on any atom is 0.312 e. The minimum atomic E-state index is -0.541. The summed E-state index contributed by atoms with van der Waals surface area (Å²) in [5.74, 6) is -0.521. The van der Waals surface area contributed by atoms with Crippen LogP contribution in [0, 0.1) is 0 Å². The largest absolute Gasteiger partial charge is 0.460 e. The van der Waals surface area contributed by atoms with Crippen molar-refractivity contribution >= 4 is 11.8 Å². The van der Waals surface area contributed by atoms with E-state index in [9.17, 15) is 9.59 Å². The van der Waals surface area contributed by atoms with E-state index in [-0.39, 0.29) is 18.2 Å². The third kappa shape index (κ3) is 4.48. The first-order chi connectivity index (χ1) is 10.3. The summed E-state index contributed by atoms with van der Waals surface area (Å²) in [5.41, 5.74) is 0.933. The van der Waals surface area contributed by atoms with Gasteiger partial charge < -0.3 is 4.74 Å². The van der Waals surface area contributed by atoms with E-state index in [0.717, 1.165) is 0 Å². The van der Waals surface area contributed by atoms with Crippen molar-refractivity contribution in [3.05, 3.63) is 59.7 Å². The molecule has 0 saturated carbocycles. The zero-order chi connectivity index (χ0) is 16.2. The van der Waals surface area contributed by atoms with Crippen LogP contribution >= 0.6 is 0 Å². The molecule has 5 heteroatoms. The smallest absolute Gasteiger partial charge is 0.312 e. The summed E-state index contributed by atoms with van der Waals surface area (Å²) in [4.78, 5) is 32.2. The molecule has 0 unspecified atom stereocenters. The molecule has 0 atom stereocenters. The lowest BCUT2D eigenvalue weighted by Gasteiger charge is -2.19. The number of rotatable bonds is 4. The van der Waals surface area contributed by atoms with Gasteiger partial charge in [0.25, 0.3) is 0 Å². The first-order valence-corrected chi connectivity index (χ1v) is 6.97. The Kier molecular flexibility index (Phi) is 4.65. The quantitative estimate of drug-likeness (QED) is 0.641. The molecule has 0 spiro atoms. The van der Waals surface area contributed by atoms with Gasteiger partial charge in [-0.05, 0) is 45.0 Å². The maximum absolute atomic E-state index is 12.3. The number of esters is 1. The Hall–Kier alpha value is -2.56. The standard InChI is InChI=1S/C17H18N2O3/c1-17(2,3)22-15(20)10-14-9-12(6-8-19-14)16(21)13-5-4-7-18-11-13/h4-9,11H,10H2,1-3H3. The number of nitrogens with zero attached hydrogens (tertiary/aromatic N) is 2. The number of ether oxygens (including phenoxy) is 1. The van der Waals surface area contributed by atoms with Gasteiger partial charge in [-0.25, -0.2) is 0 Å². The second-order valence-corrected chi connectivity index (χ2v) is 5.87. The van der Waals surface area contributed by atoms with E-state index in [1.54, 1.807) is 51.2 Å². The van der Waals surface area contributed by atoms with Crippen molar-refractivity contribution in [1.29, 1.82) is 0 Å². The van der Waals surface area contributed by atoms with E-state index in [1.807, 2.05) is 0 Å². The van der Waals surface area contributed by atoms with Crippen LogP contribution in [0.3, 0.4) is 0 Å². The molecule has 0 amide bonds. The van der Waals surface area contributed by atoms with Crippen molar-refractivity contribution in [3.8, 4) is 0 Å². The Bertz CT molecular complexity index is 676. The van der Waals surface area contributed by atoms with E-state index >= 15 is 0 Å². The van der Waals surface area contributed by atoms with Crippen molar-refractivity contribution in [2.45, 2.75) is 32.8 Å². The monoisotopic (exact) mass is 298 g/mol. The molecule has 0 N–H and O–H groups in total. The third-order valence-electron chi connectivity index (χ3n) is 2.75. The van der Waals surface area contributed by atoms with Crippen LogP contribution in [0.15, 0.2) is 42.9 Å². The molecule has 2 heterocycles. The highest BCUT2D eigenvalue weighted by atomic mass is 16.6. The van der Waals surface area contributed by atoms with Gasteiger partial charge in [-0.2, -0.15) is 0 Å². The van der Waals surface area contributed by atoms with E-state index in [2.05, 4.69) is 9.97 Å². The van der Waals surface area contributed by atoms with Crippen LogP contribution in [0.25, 0.3) is 0 Å². The van der Waals surface area contributed by atoms with Crippen LogP contribution in [0.2, 0.25) is 0 Å². The molecule has 0 saturated heterocycles. The maximum atomic E-state index is 12.3. The molecule has 0 bridgehead atoms. The normalized spacial score (nSPS) is 11.0. The first kappa shape index (κ1) is 15.8. The minimum absolute atomic E-state index is 0.0332. The van der Waals surface area contributed by atoms with Crippen molar-refractivity contribution in [3.63, 3.8) is 0 Å². The van der Waals surface area contributed by atoms with Gasteiger partial charge in [0.2, 0.25) is 0 Å². The highest BCUT2D eigenvalue weighted by molar-refractivity contribution is 6.08. The molecule has 2 aromatic rings. The number of pyridine rings is 2. The fourth-order valence-electron chi connectivity index (χ4n) is 1.91. The van der Waals surface area contributed by atoms with Gasteiger partial charge in [0.05, 0.1) is 12.1 Å². The summed E-state index contributed by atoms with van der Waals surface area (Å²) < 4.78 is 5.25. The van der Waals surface area contributed by atoms with Gasteiger partial charge in [0, 0.05) is 29.7 Å². The lowest BCUT2D eigenvalue weighted by atomic mass is 10.0. The predicted octanol–water partition coefficient (Wildman–Crippen LogP) is 2.59. The van der Waals surface area contributed by atoms with Gasteiger partial charge in [-0.1, -0.05) is 0 Å². The Morgan fingerprint density at radius 2 is 1.91 bits per heavy atom. The van der Waals surface area contributed by atoms with Crippen molar-refractivity contribution in [2.24, 2.45) is 0 Å². The molecule has 2 aromatic heterocycles. The molecule has 0 fully saturated rings. The predicted molar refractivity (Wildman–Crippen MR) is 81.5 cm³/mol. The SMILES string of the molecule is CC(C)(C)OC(=O)Cc1cc(C(=O)c2cccnc2)ccn1. The minimum Gasteiger partial charge on any atom is -0.460 e. The lowest BCUT2D eigenvalue weighted by Crippen LogP contribution is -2.25. The van der Waals surface area contributed by atoms with E-state index in [4.69, 9.17) is 4.74 Å². The lowest BCUT2D eigenvalue weighted by molar-refractivity contribution is -0.154. The molecule has 22 heavy (non-hydrogen) atoms. The average molecular weight is 298 g/mol. The van der Waals surface area contributed by atoms with Crippen LogP contribution in [-0.4, -0.2) is 27.3 Å². The topological polar surface area (TPSA) is 69.2 Å². The zero-order valence-electron chi connectivity index (χ0n) is 12.9. The Labute approximate surface area is 129 Å². The van der Waals surface area contributed by atoms with E-state index in [1.165, 1.54) is 12.4 Å². The molecular formula is C17H18N2O3. The summed E-state index contributed by atoms with van der Waals surface area (Å²) in [6.07, 6.45) is 4.67. The number of aromatic nitrogens is 2. The number of hydrogen-bond acceptors (Lipinski definition) is 5. The summed E-state index contributed by atoms with van der Waals surface area (Å²) in [6.45, 7) is 5.42. The van der Waals surface area contributed by atoms with Crippen molar-refractivity contribution in [2.75, 3.05) is 0 Å². The fraction of sp³-hybridized carbons (Fsp3) is 0.294. The Morgan fingerprint density at radius 3 is 2.55 bits per heavy atom. The molecule has 0 aliphatic heterocycles. The van der Waals surface area contributed by atoms with Crippen LogP contribution in [0.4, 0.5) is 0 Å². The molecular weight excluding hydrogens is 280 g/mol. The van der Waals surface area contributed by atoms with Crippen LogP contribution in [0.5, 0.6) is 0 Å². The van der Waals surface area contributed by atoms with E-state index < -0.39 is 5.60 Å². The summed E-state index contributed by atoms with van der Waals surface area (Å²) in [5, 5.41) is 0. The van der Waals surface area contributed by atoms with Gasteiger partial charge >= 0.3 is 5.97 Å². The summed E-state index contributed by atoms with van der Waals surface area (Å²) in [7, 11) is 0. The van der Waals surface area contributed by atoms with Crippen molar-refractivity contribution < 1.29 is 14.3 Å². The average Bonchev–Trinajstić information content (AvgIpc) is 2.45. The molecule has 2 rings (SSSR count). The highest BCUT2D eigenvalue weighted by Crippen LogP contribution is 2.12. The van der Waals surface area contributed by atoms with Crippen LogP contribution < -0.4 is 0 Å². The third-order valence-corrected chi connectivity index (χ3v) is 2.75. The number of hydrogen-bond donors (Lipinski definition) is 0. The molecule has 5 nitrogen and oxygen atoms in total. The first-order valence-electron chi connectivity index (χ1n) is 6.97. The number of ketones is 1. The van der Waals surface area contributed by atoms with Crippen molar-refractivity contribution in [1.82, 2.24) is 9.97 Å². The van der Waals surface area contributed by atoms with Gasteiger partial charge in [-0.3, -0.25) is 19.6 Å². The zero-order valence-corrected chi connectivity index (χ0v) is 12.9. The second kappa shape index (κ2) is 6.47. The molecule has 0 aromatic carbocycles. The fourth-order valence-corrected chi connectivity index (χ4v) is 1.91.